The number of carboxylic acids is 2. The van der Waals surface area contributed by atoms with Gasteiger partial charge in [0.1, 0.15) is 84.8 Å². The molecule has 24 N–H and O–H groups in total. The van der Waals surface area contributed by atoms with E-state index in [2.05, 4.69) is 84.1 Å². The number of unbranched alkanes of at least 4 members (excludes halogenated alkanes) is 2. The van der Waals surface area contributed by atoms with Gasteiger partial charge in [0.25, 0.3) is 0 Å². The lowest BCUT2D eigenvalue weighted by Crippen LogP contribution is -2.61. The predicted molar refractivity (Wildman–Crippen MR) is 436 cm³/mol. The van der Waals surface area contributed by atoms with Gasteiger partial charge in [-0.25, -0.2) is 4.98 Å². The number of likely N-dealkylation sites (tertiary alicyclic amines) is 1. The minimum absolute atomic E-state index is 0.00513. The molecule has 1 fully saturated rings. The Kier molecular flexibility index (Phi) is 40.3. The number of fused-ring (bicyclic) bond motifs is 1. The number of amides is 14. The summed E-state index contributed by atoms with van der Waals surface area (Å²) in [5.74, 6) is -15.8. The lowest BCUT2D eigenvalue weighted by Gasteiger charge is -2.32. The molecule has 1 saturated heterocycles. The number of nitrogens with zero attached hydrogens (tertiary/aromatic N) is 2. The van der Waals surface area contributed by atoms with E-state index in [-0.39, 0.29) is 82.7 Å². The molecule has 1 aliphatic rings. The van der Waals surface area contributed by atoms with Crippen molar-refractivity contribution in [1.29, 1.82) is 0 Å². The lowest BCUT2D eigenvalue weighted by molar-refractivity contribution is -0.143. The number of carbonyl (C=O) groups is 16. The number of nitrogens with one attached hydrogen (secondary N) is 15. The van der Waals surface area contributed by atoms with Gasteiger partial charge < -0.3 is 117 Å². The second kappa shape index (κ2) is 48.9. The molecule has 14 atom stereocenters. The maximum absolute atomic E-state index is 15.0. The summed E-state index contributed by atoms with van der Waals surface area (Å²) in [6.45, 7) is 15.5. The minimum atomic E-state index is -1.46. The molecule has 3 heterocycles. The van der Waals surface area contributed by atoms with Crippen LogP contribution in [0, 0.1) is 23.7 Å². The number of aromatic nitrogens is 3. The van der Waals surface area contributed by atoms with E-state index in [4.69, 9.17) is 27.4 Å². The SMILES string of the molecule is CC[C@H](C)[C@H](NC(=O)CNC(=O)[C@H](CCCCN)NC(=O)[C@H](Cc1cnc[nH]1)NC(=O)[C@H](C)NC(=O)[C@@H]1CCCN1C(=O)[C@@H](NC(=O)[C@H](Cc1c[nH]c2ccccc12)NC(=O)[C@H](C)NC(=O)[C@H](CC(C)C)NC(=O)[C@H](Cc1ccc(O)cc1)NC(=O)[C@@H](NC(=O)[C@H](CCCCN)NC(=O)[C@@H](N)CCC(=O)O)C(C)C)C(C)C)C(=O)NCC(=O)O. The highest BCUT2D eigenvalue weighted by atomic mass is 16.4. The first kappa shape index (κ1) is 98.0. The molecule has 14 amide bonds. The summed E-state index contributed by atoms with van der Waals surface area (Å²) >= 11 is 0. The number of H-pyrrole nitrogens is 2. The number of para-hydroxylation sites is 1. The number of phenols is 1. The Bertz CT molecular complexity index is 4100. The number of benzene rings is 2. The van der Waals surface area contributed by atoms with Gasteiger partial charge in [-0.3, -0.25) is 76.7 Å². The zero-order valence-electron chi connectivity index (χ0n) is 69.3. The van der Waals surface area contributed by atoms with E-state index >= 15 is 0 Å². The Labute approximate surface area is 691 Å². The predicted octanol–water partition coefficient (Wildman–Crippen LogP) is -1.84. The van der Waals surface area contributed by atoms with Gasteiger partial charge in [-0.05, 0) is 144 Å². The van der Waals surface area contributed by atoms with Crippen molar-refractivity contribution in [1.82, 2.24) is 89.0 Å². The summed E-state index contributed by atoms with van der Waals surface area (Å²) in [6, 6.07) is -4.29. The van der Waals surface area contributed by atoms with Gasteiger partial charge in [0, 0.05) is 61.2 Å². The highest BCUT2D eigenvalue weighted by Gasteiger charge is 2.42. The first-order chi connectivity index (χ1) is 56.4. The highest BCUT2D eigenvalue weighted by molar-refractivity contribution is 6.01. The molecule has 0 spiro atoms. The fourth-order valence-electron chi connectivity index (χ4n) is 13.2. The Morgan fingerprint density at radius 1 is 0.521 bits per heavy atom. The summed E-state index contributed by atoms with van der Waals surface area (Å²) in [7, 11) is 0. The third kappa shape index (κ3) is 32.0. The number of phenolic OH excluding ortho intramolecular Hbond substituents is 1. The highest BCUT2D eigenvalue weighted by Crippen LogP contribution is 2.24. The molecule has 2 aromatic heterocycles. The number of hydrogen-bond donors (Lipinski definition) is 21. The van der Waals surface area contributed by atoms with Crippen LogP contribution in [-0.4, -0.2) is 241 Å². The third-order valence-corrected chi connectivity index (χ3v) is 20.3. The summed E-state index contributed by atoms with van der Waals surface area (Å²) in [5, 5.41) is 63.2. The van der Waals surface area contributed by atoms with Crippen LogP contribution in [0.5, 0.6) is 5.75 Å². The van der Waals surface area contributed by atoms with Crippen LogP contribution in [0.2, 0.25) is 0 Å². The average molecular weight is 1670 g/mol. The van der Waals surface area contributed by atoms with Crippen molar-refractivity contribution in [2.24, 2.45) is 40.9 Å². The standard InChI is InChI=1S/C80H122N20O19/c1-11-45(8)67(78(117)87-40-64(105)106)97-62(102)39-86-71(110)55(21-14-16-30-81)92-75(114)60(36-50-38-84-41-88-50)94-69(108)47(10)90-77(116)61-23-18-32-100(61)80(119)66(44(6)7)99-76(115)59(35-49-37-85-54-20-13-12-19-52(49)54)93-68(107)46(9)89-73(112)57(33-42(2)3)95-74(113)58(34-48-24-26-51(101)27-25-48)96-79(118)65(43(4)5)98-72(111)56(22-15-17-31-82)91-70(109)53(83)28-29-63(103)104/h12-13,19-20,24-27,37-38,41-47,53,55-61,65-67,85,101H,11,14-18,21-23,28-36,39-40,81-83H2,1-10H3,(H,84,88)(H,86,110)(H,87,117)(H,89,112)(H,90,116)(H,91,109)(H,92,114)(H,93,107)(H,94,108)(H,95,113)(H,96,118)(H,97,102)(H,98,111)(H,99,115)(H,103,104)(H,105,106)/t45-,46-,47-,53-,55-,56-,57-,58-,59-,60-,61-,65-,66-,67-/m0/s1. The fourth-order valence-corrected chi connectivity index (χ4v) is 13.2. The number of imidazole rings is 1. The molecule has 0 saturated carbocycles. The maximum Gasteiger partial charge on any atom is 0.322 e. The second-order valence-corrected chi connectivity index (χ2v) is 31.2. The molecule has 1 aliphatic heterocycles. The van der Waals surface area contributed by atoms with Crippen molar-refractivity contribution in [3.63, 3.8) is 0 Å². The van der Waals surface area contributed by atoms with Crippen LogP contribution in [-0.2, 0) is 96.0 Å². The van der Waals surface area contributed by atoms with E-state index < -0.39 is 210 Å². The summed E-state index contributed by atoms with van der Waals surface area (Å²) in [6.07, 6.45) is 5.83. The molecule has 4 aromatic rings. The first-order valence-corrected chi connectivity index (χ1v) is 40.4. The van der Waals surface area contributed by atoms with Crippen molar-refractivity contribution < 1.29 is 92.0 Å². The summed E-state index contributed by atoms with van der Waals surface area (Å²) in [4.78, 5) is 232. The Morgan fingerprint density at radius 2 is 1.05 bits per heavy atom. The molecule has 2 aromatic carbocycles. The normalized spacial score (nSPS) is 15.9. The zero-order valence-corrected chi connectivity index (χ0v) is 69.3. The van der Waals surface area contributed by atoms with Gasteiger partial charge in [-0.1, -0.05) is 92.1 Å². The van der Waals surface area contributed by atoms with E-state index in [1.165, 1.54) is 55.5 Å². The second-order valence-electron chi connectivity index (χ2n) is 31.2. The molecule has 39 heteroatoms. The Balaban J connectivity index is 1.32. The van der Waals surface area contributed by atoms with Crippen LogP contribution in [0.15, 0.2) is 67.3 Å². The molecular weight excluding hydrogens is 1550 g/mol. The number of nitrogens with two attached hydrogens (primary N) is 3. The lowest BCUT2D eigenvalue weighted by atomic mass is 9.98. The van der Waals surface area contributed by atoms with E-state index in [0.717, 1.165) is 0 Å². The Morgan fingerprint density at radius 3 is 1.63 bits per heavy atom. The van der Waals surface area contributed by atoms with Gasteiger partial charge in [0.15, 0.2) is 0 Å². The quantitative estimate of drug-likeness (QED) is 0.0216. The largest absolute Gasteiger partial charge is 0.508 e. The van der Waals surface area contributed by atoms with Crippen LogP contribution in [0.25, 0.3) is 10.9 Å². The average Bonchev–Trinajstić information content (AvgIpc) is 1.72. The van der Waals surface area contributed by atoms with Crippen molar-refractivity contribution in [3.05, 3.63) is 84.1 Å². The molecule has 0 aliphatic carbocycles. The smallest absolute Gasteiger partial charge is 0.322 e. The molecule has 39 nitrogen and oxygen atoms in total. The topological polar surface area (TPSA) is 616 Å². The van der Waals surface area contributed by atoms with Crippen molar-refractivity contribution in [2.45, 2.75) is 244 Å². The Hall–Kier alpha value is -11.6. The molecule has 0 unspecified atom stereocenters. The van der Waals surface area contributed by atoms with Gasteiger partial charge in [0.05, 0.1) is 18.9 Å². The van der Waals surface area contributed by atoms with Crippen molar-refractivity contribution in [2.75, 3.05) is 32.7 Å². The van der Waals surface area contributed by atoms with Crippen LogP contribution < -0.4 is 86.3 Å². The number of rotatable bonds is 51. The number of aromatic hydroxyl groups is 1. The molecule has 5 rings (SSSR count). The van der Waals surface area contributed by atoms with Gasteiger partial charge >= 0.3 is 11.9 Å². The van der Waals surface area contributed by atoms with E-state index in [9.17, 15) is 81.8 Å². The van der Waals surface area contributed by atoms with Crippen molar-refractivity contribution >= 4 is 106 Å². The number of hydrogen-bond acceptors (Lipinski definition) is 21. The molecule has 0 radical (unpaired) electrons. The fraction of sp³-hybridized carbons (Fsp3) is 0.588. The van der Waals surface area contributed by atoms with E-state index in [1.54, 1.807) is 85.9 Å². The minimum Gasteiger partial charge on any atom is -0.508 e. The van der Waals surface area contributed by atoms with Crippen LogP contribution in [0.1, 0.15) is 163 Å². The van der Waals surface area contributed by atoms with Crippen LogP contribution in [0.4, 0.5) is 0 Å². The molecular formula is C80H122N20O19. The van der Waals surface area contributed by atoms with Crippen LogP contribution in [0.3, 0.4) is 0 Å². The monoisotopic (exact) mass is 1670 g/mol. The number of carboxylic acid groups (broad SMARTS) is 2. The van der Waals surface area contributed by atoms with Gasteiger partial charge in [0.2, 0.25) is 82.7 Å². The van der Waals surface area contributed by atoms with E-state index in [1.807, 2.05) is 0 Å². The maximum atomic E-state index is 15.0. The van der Waals surface area contributed by atoms with Crippen LogP contribution >= 0.6 is 0 Å². The zero-order chi connectivity index (χ0) is 88.3. The molecule has 656 valence electrons. The first-order valence-electron chi connectivity index (χ1n) is 40.4. The van der Waals surface area contributed by atoms with E-state index in [0.29, 0.717) is 66.2 Å². The number of aliphatic carboxylic acids is 2. The summed E-state index contributed by atoms with van der Waals surface area (Å²) < 4.78 is 0. The number of carbonyl (C=O) groups excluding carboxylic acids is 14. The molecule has 119 heavy (non-hydrogen) atoms. The number of aromatic amines is 2. The van der Waals surface area contributed by atoms with Gasteiger partial charge in [-0.2, -0.15) is 0 Å². The van der Waals surface area contributed by atoms with Gasteiger partial charge in [-0.15, -0.1) is 0 Å². The van der Waals surface area contributed by atoms with Crippen molar-refractivity contribution in [3.8, 4) is 5.75 Å². The molecule has 0 bridgehead atoms. The summed E-state index contributed by atoms with van der Waals surface area (Å²) in [5.41, 5.74) is 19.6. The third-order valence-electron chi connectivity index (χ3n) is 20.3.